The molecule has 0 saturated carbocycles. The molecule has 2 aliphatic carbocycles. The van der Waals surface area contributed by atoms with Crippen molar-refractivity contribution in [2.24, 2.45) is 5.92 Å². The SMILES string of the molecule is CC1=CC(C)=C2C=CC=C2[C@@H](C)C1. The molecule has 0 nitrogen and oxygen atoms in total. The highest BCUT2D eigenvalue weighted by atomic mass is 14.2. The smallest absolute Gasteiger partial charge is 0.0147 e. The zero-order valence-corrected chi connectivity index (χ0v) is 8.59. The van der Waals surface area contributed by atoms with E-state index >= 15 is 0 Å². The van der Waals surface area contributed by atoms with Gasteiger partial charge < -0.3 is 0 Å². The molecule has 0 aromatic heterocycles. The third kappa shape index (κ3) is 1.41. The van der Waals surface area contributed by atoms with E-state index < -0.39 is 0 Å². The lowest BCUT2D eigenvalue weighted by Crippen LogP contribution is -1.98. The van der Waals surface area contributed by atoms with Crippen molar-refractivity contribution in [3.05, 3.63) is 46.6 Å². The van der Waals surface area contributed by atoms with Crippen molar-refractivity contribution in [1.82, 2.24) is 0 Å². The van der Waals surface area contributed by atoms with E-state index in [9.17, 15) is 0 Å². The van der Waals surface area contributed by atoms with Crippen molar-refractivity contribution in [3.8, 4) is 0 Å². The molecule has 0 heterocycles. The number of rotatable bonds is 0. The number of fused-ring (bicyclic) bond motifs is 1. The molecule has 13 heavy (non-hydrogen) atoms. The fraction of sp³-hybridized carbons (Fsp3) is 0.385. The molecule has 1 atom stereocenters. The normalized spacial score (nSPS) is 26.8. The Bertz CT molecular complexity index is 348. The van der Waals surface area contributed by atoms with Crippen LogP contribution in [0.25, 0.3) is 0 Å². The second-order valence-corrected chi connectivity index (χ2v) is 4.17. The highest BCUT2D eigenvalue weighted by molar-refractivity contribution is 5.55. The summed E-state index contributed by atoms with van der Waals surface area (Å²) in [7, 11) is 0. The van der Waals surface area contributed by atoms with Crippen LogP contribution in [0.3, 0.4) is 0 Å². The molecule has 0 aliphatic heterocycles. The maximum atomic E-state index is 2.32. The minimum atomic E-state index is 0.679. The van der Waals surface area contributed by atoms with Crippen LogP contribution in [-0.4, -0.2) is 0 Å². The average molecular weight is 172 g/mol. The topological polar surface area (TPSA) is 0 Å². The van der Waals surface area contributed by atoms with Gasteiger partial charge in [-0.25, -0.2) is 0 Å². The Morgan fingerprint density at radius 3 is 2.85 bits per heavy atom. The first-order valence-electron chi connectivity index (χ1n) is 4.95. The van der Waals surface area contributed by atoms with Gasteiger partial charge in [0.05, 0.1) is 0 Å². The molecule has 0 unspecified atom stereocenters. The first-order valence-corrected chi connectivity index (χ1v) is 4.95. The van der Waals surface area contributed by atoms with E-state index in [1.165, 1.54) is 28.7 Å². The summed E-state index contributed by atoms with van der Waals surface area (Å²) in [6, 6.07) is 0. The Hall–Kier alpha value is -1.04. The Balaban J connectivity index is 2.50. The van der Waals surface area contributed by atoms with Gasteiger partial charge in [-0.3, -0.25) is 0 Å². The molecule has 0 amide bonds. The van der Waals surface area contributed by atoms with Crippen molar-refractivity contribution in [3.63, 3.8) is 0 Å². The molecule has 0 aromatic rings. The van der Waals surface area contributed by atoms with Crippen LogP contribution in [0.1, 0.15) is 27.2 Å². The van der Waals surface area contributed by atoms with Gasteiger partial charge in [-0.05, 0) is 42.9 Å². The van der Waals surface area contributed by atoms with Gasteiger partial charge in [0.15, 0.2) is 0 Å². The van der Waals surface area contributed by atoms with Gasteiger partial charge in [0, 0.05) is 0 Å². The number of allylic oxidation sites excluding steroid dienone is 8. The van der Waals surface area contributed by atoms with E-state index in [-0.39, 0.29) is 0 Å². The number of hydrogen-bond donors (Lipinski definition) is 0. The van der Waals surface area contributed by atoms with Crippen molar-refractivity contribution >= 4 is 0 Å². The fourth-order valence-corrected chi connectivity index (χ4v) is 2.32. The summed E-state index contributed by atoms with van der Waals surface area (Å²) < 4.78 is 0. The monoisotopic (exact) mass is 172 g/mol. The summed E-state index contributed by atoms with van der Waals surface area (Å²) in [5.41, 5.74) is 5.89. The molecule has 2 rings (SSSR count). The summed E-state index contributed by atoms with van der Waals surface area (Å²) >= 11 is 0. The van der Waals surface area contributed by atoms with Crippen LogP contribution in [0.15, 0.2) is 46.6 Å². The Morgan fingerprint density at radius 2 is 2.08 bits per heavy atom. The Kier molecular flexibility index (Phi) is 1.99. The summed E-state index contributed by atoms with van der Waals surface area (Å²) in [5, 5.41) is 0. The van der Waals surface area contributed by atoms with E-state index in [2.05, 4.69) is 45.1 Å². The molecule has 0 saturated heterocycles. The Morgan fingerprint density at radius 1 is 1.31 bits per heavy atom. The third-order valence-corrected chi connectivity index (χ3v) is 2.90. The third-order valence-electron chi connectivity index (χ3n) is 2.90. The van der Waals surface area contributed by atoms with Crippen LogP contribution >= 0.6 is 0 Å². The van der Waals surface area contributed by atoms with Gasteiger partial charge in [0.1, 0.15) is 0 Å². The molecule has 0 spiro atoms. The molecule has 0 radical (unpaired) electrons. The summed E-state index contributed by atoms with van der Waals surface area (Å²) in [6.07, 6.45) is 10.2. The molecular weight excluding hydrogens is 156 g/mol. The Labute approximate surface area is 80.3 Å². The van der Waals surface area contributed by atoms with E-state index in [1.54, 1.807) is 0 Å². The van der Waals surface area contributed by atoms with Crippen molar-refractivity contribution in [1.29, 1.82) is 0 Å². The maximum absolute atomic E-state index is 2.32. The number of hydrogen-bond acceptors (Lipinski definition) is 0. The summed E-state index contributed by atoms with van der Waals surface area (Å²) in [4.78, 5) is 0. The highest BCUT2D eigenvalue weighted by Crippen LogP contribution is 2.35. The lowest BCUT2D eigenvalue weighted by molar-refractivity contribution is 0.688. The minimum Gasteiger partial charge on any atom is -0.0724 e. The van der Waals surface area contributed by atoms with Gasteiger partial charge in [-0.2, -0.15) is 0 Å². The molecule has 0 N–H and O–H groups in total. The van der Waals surface area contributed by atoms with E-state index in [0.717, 1.165) is 0 Å². The molecule has 0 aromatic carbocycles. The van der Waals surface area contributed by atoms with Crippen LogP contribution in [-0.2, 0) is 0 Å². The van der Waals surface area contributed by atoms with Crippen LogP contribution in [0.5, 0.6) is 0 Å². The first-order chi connectivity index (χ1) is 6.18. The second-order valence-electron chi connectivity index (χ2n) is 4.17. The molecule has 2 aliphatic rings. The van der Waals surface area contributed by atoms with Gasteiger partial charge >= 0.3 is 0 Å². The predicted octanol–water partition coefficient (Wildman–Crippen LogP) is 3.79. The van der Waals surface area contributed by atoms with Gasteiger partial charge in [-0.1, -0.05) is 36.8 Å². The molecule has 0 fully saturated rings. The van der Waals surface area contributed by atoms with Crippen LogP contribution < -0.4 is 0 Å². The molecule has 68 valence electrons. The van der Waals surface area contributed by atoms with Gasteiger partial charge in [-0.15, -0.1) is 0 Å². The summed E-state index contributed by atoms with van der Waals surface area (Å²) in [5.74, 6) is 0.679. The van der Waals surface area contributed by atoms with E-state index in [4.69, 9.17) is 0 Å². The maximum Gasteiger partial charge on any atom is -0.0147 e. The van der Waals surface area contributed by atoms with Crippen LogP contribution in [0.4, 0.5) is 0 Å². The lowest BCUT2D eigenvalue weighted by Gasteiger charge is -2.12. The average Bonchev–Trinajstić information content (AvgIpc) is 2.47. The largest absolute Gasteiger partial charge is 0.0724 e. The van der Waals surface area contributed by atoms with Crippen LogP contribution in [0, 0.1) is 5.92 Å². The van der Waals surface area contributed by atoms with Crippen molar-refractivity contribution in [2.75, 3.05) is 0 Å². The molecular formula is C13H16. The highest BCUT2D eigenvalue weighted by Gasteiger charge is 2.18. The molecule has 0 heteroatoms. The van der Waals surface area contributed by atoms with Gasteiger partial charge in [0.2, 0.25) is 0 Å². The first kappa shape index (κ1) is 8.55. The van der Waals surface area contributed by atoms with E-state index in [0.29, 0.717) is 5.92 Å². The summed E-state index contributed by atoms with van der Waals surface area (Å²) in [6.45, 7) is 6.75. The lowest BCUT2D eigenvalue weighted by atomic mass is 9.92. The van der Waals surface area contributed by atoms with E-state index in [1.807, 2.05) is 0 Å². The van der Waals surface area contributed by atoms with Gasteiger partial charge in [0.25, 0.3) is 0 Å². The fourth-order valence-electron chi connectivity index (χ4n) is 2.32. The standard InChI is InChI=1S/C13H16/c1-9-7-10(2)12-5-4-6-13(12)11(3)8-9/h4-7,11H,8H2,1-3H3/t11-/m0/s1. The minimum absolute atomic E-state index is 0.679. The van der Waals surface area contributed by atoms with Crippen molar-refractivity contribution in [2.45, 2.75) is 27.2 Å². The zero-order valence-electron chi connectivity index (χ0n) is 8.59. The second kappa shape index (κ2) is 3.02. The van der Waals surface area contributed by atoms with Crippen molar-refractivity contribution < 1.29 is 0 Å². The quantitative estimate of drug-likeness (QED) is 0.521. The predicted molar refractivity (Wildman–Crippen MR) is 57.5 cm³/mol. The van der Waals surface area contributed by atoms with Crippen LogP contribution in [0.2, 0.25) is 0 Å². The molecule has 0 bridgehead atoms. The zero-order chi connectivity index (χ0) is 9.42.